The van der Waals surface area contributed by atoms with Crippen molar-refractivity contribution < 1.29 is 9.90 Å². The molecule has 0 aliphatic carbocycles. The summed E-state index contributed by atoms with van der Waals surface area (Å²) >= 11 is 0. The van der Waals surface area contributed by atoms with Gasteiger partial charge >= 0.3 is 0 Å². The van der Waals surface area contributed by atoms with Crippen molar-refractivity contribution in [3.05, 3.63) is 67.3 Å². The second-order valence-electron chi connectivity index (χ2n) is 4.50. The first-order valence-electron chi connectivity index (χ1n) is 6.40. The molecule has 1 amide bonds. The maximum atomic E-state index is 12.5. The van der Waals surface area contributed by atoms with Gasteiger partial charge in [-0.1, -0.05) is 36.4 Å². The Kier molecular flexibility index (Phi) is 4.20. The van der Waals surface area contributed by atoms with Gasteiger partial charge in [-0.3, -0.25) is 4.79 Å². The van der Waals surface area contributed by atoms with Crippen LogP contribution in [-0.4, -0.2) is 29.0 Å². The number of hydrogen-bond donors (Lipinski definition) is 1. The molecule has 0 unspecified atom stereocenters. The predicted octanol–water partition coefficient (Wildman–Crippen LogP) is 3.36. The van der Waals surface area contributed by atoms with Gasteiger partial charge < -0.3 is 10.0 Å². The van der Waals surface area contributed by atoms with Gasteiger partial charge in [-0.15, -0.1) is 13.2 Å². The van der Waals surface area contributed by atoms with E-state index >= 15 is 0 Å². The SMILES string of the molecule is C=CCN(CC=C)C(=O)c1cc2ccccc2cc1O. The highest BCUT2D eigenvalue weighted by Crippen LogP contribution is 2.26. The summed E-state index contributed by atoms with van der Waals surface area (Å²) in [6.45, 7) is 8.11. The Hall–Kier alpha value is -2.55. The van der Waals surface area contributed by atoms with Crippen LogP contribution in [-0.2, 0) is 0 Å². The zero-order valence-corrected chi connectivity index (χ0v) is 11.2. The van der Waals surface area contributed by atoms with Crippen LogP contribution in [0, 0.1) is 0 Å². The van der Waals surface area contributed by atoms with E-state index in [1.165, 1.54) is 0 Å². The number of phenolic OH excluding ortho intramolecular Hbond substituents is 1. The van der Waals surface area contributed by atoms with Crippen LogP contribution in [0.5, 0.6) is 5.75 Å². The molecule has 2 rings (SSSR count). The Morgan fingerprint density at radius 3 is 2.20 bits per heavy atom. The maximum Gasteiger partial charge on any atom is 0.258 e. The van der Waals surface area contributed by atoms with Crippen molar-refractivity contribution in [3.63, 3.8) is 0 Å². The fraction of sp³-hybridized carbons (Fsp3) is 0.118. The largest absolute Gasteiger partial charge is 0.507 e. The van der Waals surface area contributed by atoms with Gasteiger partial charge in [-0.25, -0.2) is 0 Å². The maximum absolute atomic E-state index is 12.5. The van der Waals surface area contributed by atoms with E-state index in [1.54, 1.807) is 29.2 Å². The van der Waals surface area contributed by atoms with E-state index in [0.29, 0.717) is 18.7 Å². The second-order valence-corrected chi connectivity index (χ2v) is 4.50. The predicted molar refractivity (Wildman–Crippen MR) is 81.9 cm³/mol. The number of carbonyl (C=O) groups is 1. The normalized spacial score (nSPS) is 10.2. The molecule has 3 heteroatoms. The topological polar surface area (TPSA) is 40.5 Å². The summed E-state index contributed by atoms with van der Waals surface area (Å²) in [5.41, 5.74) is 0.299. The number of rotatable bonds is 5. The first kappa shape index (κ1) is 13.9. The van der Waals surface area contributed by atoms with E-state index in [4.69, 9.17) is 0 Å². The minimum Gasteiger partial charge on any atom is -0.507 e. The molecule has 3 nitrogen and oxygen atoms in total. The van der Waals surface area contributed by atoms with Crippen molar-refractivity contribution in [2.24, 2.45) is 0 Å². The van der Waals surface area contributed by atoms with Crippen molar-refractivity contribution in [2.45, 2.75) is 0 Å². The third-order valence-electron chi connectivity index (χ3n) is 3.08. The molecule has 0 saturated carbocycles. The molecule has 1 N–H and O–H groups in total. The molecule has 0 atom stereocenters. The molecule has 0 radical (unpaired) electrons. The lowest BCUT2D eigenvalue weighted by Crippen LogP contribution is -2.31. The van der Waals surface area contributed by atoms with Crippen LogP contribution in [0.25, 0.3) is 10.8 Å². The van der Waals surface area contributed by atoms with Crippen LogP contribution in [0.15, 0.2) is 61.7 Å². The van der Waals surface area contributed by atoms with Gasteiger partial charge in [0.1, 0.15) is 5.75 Å². The van der Waals surface area contributed by atoms with Crippen LogP contribution < -0.4 is 0 Å². The van der Waals surface area contributed by atoms with Crippen LogP contribution in [0.1, 0.15) is 10.4 Å². The monoisotopic (exact) mass is 267 g/mol. The summed E-state index contributed by atoms with van der Waals surface area (Å²) in [6.07, 6.45) is 3.30. The first-order valence-corrected chi connectivity index (χ1v) is 6.40. The average Bonchev–Trinajstić information content (AvgIpc) is 2.45. The number of phenols is 1. The fourth-order valence-corrected chi connectivity index (χ4v) is 2.12. The highest BCUT2D eigenvalue weighted by Gasteiger charge is 2.17. The lowest BCUT2D eigenvalue weighted by molar-refractivity contribution is 0.0788. The molecule has 0 bridgehead atoms. The third-order valence-corrected chi connectivity index (χ3v) is 3.08. The van der Waals surface area contributed by atoms with E-state index < -0.39 is 0 Å². The number of hydrogen-bond acceptors (Lipinski definition) is 2. The lowest BCUT2D eigenvalue weighted by atomic mass is 10.0. The van der Waals surface area contributed by atoms with Crippen LogP contribution in [0.4, 0.5) is 0 Å². The summed E-state index contributed by atoms with van der Waals surface area (Å²) in [5, 5.41) is 11.9. The Morgan fingerprint density at radius 2 is 1.65 bits per heavy atom. The van der Waals surface area contributed by atoms with Gasteiger partial charge in [0.15, 0.2) is 0 Å². The van der Waals surface area contributed by atoms with Crippen molar-refractivity contribution in [1.82, 2.24) is 4.90 Å². The number of amides is 1. The Bertz CT molecular complexity index is 651. The summed E-state index contributed by atoms with van der Waals surface area (Å²) in [7, 11) is 0. The quantitative estimate of drug-likeness (QED) is 0.844. The molecule has 102 valence electrons. The van der Waals surface area contributed by atoms with E-state index in [-0.39, 0.29) is 11.7 Å². The molecular formula is C17H17NO2. The van der Waals surface area contributed by atoms with Crippen molar-refractivity contribution >= 4 is 16.7 Å². The molecule has 0 aliphatic heterocycles. The molecule has 0 spiro atoms. The van der Waals surface area contributed by atoms with Gasteiger partial charge in [-0.05, 0) is 22.9 Å². The summed E-state index contributed by atoms with van der Waals surface area (Å²) in [5.74, 6) is -0.236. The molecule has 2 aromatic rings. The lowest BCUT2D eigenvalue weighted by Gasteiger charge is -2.20. The van der Waals surface area contributed by atoms with E-state index in [1.807, 2.05) is 24.3 Å². The van der Waals surface area contributed by atoms with E-state index in [9.17, 15) is 9.90 Å². The summed E-state index contributed by atoms with van der Waals surface area (Å²) in [6, 6.07) is 10.9. The van der Waals surface area contributed by atoms with Gasteiger partial charge in [0, 0.05) is 13.1 Å². The second kappa shape index (κ2) is 6.06. The van der Waals surface area contributed by atoms with E-state index in [2.05, 4.69) is 13.2 Å². The molecule has 0 aliphatic rings. The number of carbonyl (C=O) groups excluding carboxylic acids is 1. The standard InChI is InChI=1S/C17H17NO2/c1-3-9-18(10-4-2)17(20)15-11-13-7-5-6-8-14(13)12-16(15)19/h3-8,11-12,19H,1-2,9-10H2. The number of aromatic hydroxyl groups is 1. The number of fused-ring (bicyclic) bond motifs is 1. The zero-order valence-electron chi connectivity index (χ0n) is 11.2. The minimum absolute atomic E-state index is 0.00757. The first-order chi connectivity index (χ1) is 9.67. The van der Waals surface area contributed by atoms with Gasteiger partial charge in [0.2, 0.25) is 0 Å². The van der Waals surface area contributed by atoms with Crippen LogP contribution in [0.2, 0.25) is 0 Å². The minimum atomic E-state index is -0.229. The molecule has 0 heterocycles. The number of nitrogens with zero attached hydrogens (tertiary/aromatic N) is 1. The highest BCUT2D eigenvalue weighted by atomic mass is 16.3. The molecule has 2 aromatic carbocycles. The highest BCUT2D eigenvalue weighted by molar-refractivity contribution is 6.01. The summed E-state index contributed by atoms with van der Waals surface area (Å²) in [4.78, 5) is 14.0. The smallest absolute Gasteiger partial charge is 0.258 e. The van der Waals surface area contributed by atoms with Crippen LogP contribution in [0.3, 0.4) is 0 Å². The zero-order chi connectivity index (χ0) is 14.5. The van der Waals surface area contributed by atoms with Gasteiger partial charge in [0.25, 0.3) is 5.91 Å². The Morgan fingerprint density at radius 1 is 1.10 bits per heavy atom. The molecule has 20 heavy (non-hydrogen) atoms. The molecule has 0 aromatic heterocycles. The van der Waals surface area contributed by atoms with Crippen LogP contribution >= 0.6 is 0 Å². The van der Waals surface area contributed by atoms with Crippen molar-refractivity contribution in [2.75, 3.05) is 13.1 Å². The Balaban J connectivity index is 2.44. The van der Waals surface area contributed by atoms with E-state index in [0.717, 1.165) is 10.8 Å². The molecule has 0 saturated heterocycles. The summed E-state index contributed by atoms with van der Waals surface area (Å²) < 4.78 is 0. The Labute approximate surface area is 118 Å². The van der Waals surface area contributed by atoms with Gasteiger partial charge in [0.05, 0.1) is 5.56 Å². The van der Waals surface area contributed by atoms with Crippen molar-refractivity contribution in [3.8, 4) is 5.75 Å². The molecule has 0 fully saturated rings. The number of benzene rings is 2. The third kappa shape index (κ3) is 2.72. The average molecular weight is 267 g/mol. The van der Waals surface area contributed by atoms with Crippen molar-refractivity contribution in [1.29, 1.82) is 0 Å². The molecular weight excluding hydrogens is 250 g/mol. The fourth-order valence-electron chi connectivity index (χ4n) is 2.12. The van der Waals surface area contributed by atoms with Gasteiger partial charge in [-0.2, -0.15) is 0 Å².